The quantitative estimate of drug-likeness (QED) is 0.399. The van der Waals surface area contributed by atoms with Crippen molar-refractivity contribution < 1.29 is 4.79 Å². The first-order valence-corrected chi connectivity index (χ1v) is 11.1. The molecule has 1 aromatic heterocycles. The number of halogens is 1. The van der Waals surface area contributed by atoms with Crippen LogP contribution in [-0.4, -0.2) is 20.7 Å². The van der Waals surface area contributed by atoms with Crippen LogP contribution in [-0.2, 0) is 11.2 Å². The Labute approximate surface area is 196 Å². The van der Waals surface area contributed by atoms with Crippen LogP contribution in [0.1, 0.15) is 29.2 Å². The van der Waals surface area contributed by atoms with Crippen molar-refractivity contribution in [3.63, 3.8) is 0 Å². The van der Waals surface area contributed by atoms with E-state index < -0.39 is 0 Å². The summed E-state index contributed by atoms with van der Waals surface area (Å²) in [5.74, 6) is 0.716. The van der Waals surface area contributed by atoms with Crippen molar-refractivity contribution in [3.8, 4) is 0 Å². The first kappa shape index (κ1) is 21.0. The van der Waals surface area contributed by atoms with Crippen LogP contribution in [0.2, 0.25) is 5.02 Å². The summed E-state index contributed by atoms with van der Waals surface area (Å²) in [6.45, 7) is 0. The number of carbonyl (C=O) groups is 1. The predicted molar refractivity (Wildman–Crippen MR) is 131 cm³/mol. The molecule has 1 aliphatic heterocycles. The number of carbonyl (C=O) groups excluding carboxylic acids is 1. The molecule has 1 atom stereocenters. The van der Waals surface area contributed by atoms with Gasteiger partial charge < -0.3 is 5.32 Å². The van der Waals surface area contributed by atoms with Crippen LogP contribution >= 0.6 is 11.6 Å². The molecule has 164 valence electrons. The van der Waals surface area contributed by atoms with Crippen molar-refractivity contribution in [1.29, 1.82) is 0 Å². The Morgan fingerprint density at radius 1 is 0.970 bits per heavy atom. The normalized spacial score (nSPS) is 14.7. The summed E-state index contributed by atoms with van der Waals surface area (Å²) < 4.78 is 1.78. The second-order valence-corrected chi connectivity index (χ2v) is 8.24. The number of amides is 1. The maximum Gasteiger partial charge on any atom is 0.250 e. The van der Waals surface area contributed by atoms with E-state index in [1.54, 1.807) is 4.68 Å². The molecule has 6 nitrogen and oxygen atoms in total. The number of anilines is 2. The number of rotatable bonds is 6. The number of hydrogen-bond acceptors (Lipinski definition) is 4. The molecule has 0 saturated carbocycles. The highest BCUT2D eigenvalue weighted by Gasteiger charge is 2.25. The molecule has 2 N–H and O–H groups in total. The molecule has 0 unspecified atom stereocenters. The second kappa shape index (κ2) is 9.30. The van der Waals surface area contributed by atoms with E-state index >= 15 is 0 Å². The lowest BCUT2D eigenvalue weighted by molar-refractivity contribution is -0.116. The molecule has 0 radical (unpaired) electrons. The summed E-state index contributed by atoms with van der Waals surface area (Å²) in [4.78, 5) is 17.1. The summed E-state index contributed by atoms with van der Waals surface area (Å²) in [5.41, 5.74) is 4.10. The van der Waals surface area contributed by atoms with E-state index in [2.05, 4.69) is 26.8 Å². The van der Waals surface area contributed by atoms with E-state index in [-0.39, 0.29) is 17.9 Å². The number of benzene rings is 3. The third kappa shape index (κ3) is 4.81. The van der Waals surface area contributed by atoms with Crippen LogP contribution in [0.4, 0.5) is 11.9 Å². The molecule has 0 aliphatic carbocycles. The molecular weight excluding hydrogens is 434 g/mol. The van der Waals surface area contributed by atoms with Gasteiger partial charge in [0, 0.05) is 17.1 Å². The van der Waals surface area contributed by atoms with E-state index in [0.717, 1.165) is 22.4 Å². The minimum absolute atomic E-state index is 0.124. The fourth-order valence-electron chi connectivity index (χ4n) is 3.82. The van der Waals surface area contributed by atoms with E-state index in [0.29, 0.717) is 23.8 Å². The van der Waals surface area contributed by atoms with Crippen LogP contribution in [0.5, 0.6) is 0 Å². The average Bonchev–Trinajstić information content (AvgIpc) is 3.26. The molecule has 3 aromatic carbocycles. The zero-order valence-electron chi connectivity index (χ0n) is 17.8. The molecular formula is C26H22ClN5O. The standard InChI is InChI=1S/C26H22ClN5O/c27-21-14-12-20(13-15-21)23-17-22(19-9-5-2-6-10-19)28-26-30-25(31-32(23)26)29-24(33)16-11-18-7-3-1-4-8-18/h1-10,12-15,17,23H,11,16H2,(H2,28,29,30,31,33)/t23-/m1/s1. The van der Waals surface area contributed by atoms with Crippen molar-refractivity contribution in [2.75, 3.05) is 10.6 Å². The largest absolute Gasteiger partial charge is 0.324 e. The zero-order valence-corrected chi connectivity index (χ0v) is 18.5. The SMILES string of the molecule is O=C(CCc1ccccc1)Nc1nc2n(n1)[C@@H](c1ccc(Cl)cc1)C=C(c1ccccc1)N2. The number of hydrogen-bond donors (Lipinski definition) is 2. The van der Waals surface area contributed by atoms with E-state index in [1.807, 2.05) is 84.9 Å². The fraction of sp³-hybridized carbons (Fsp3) is 0.115. The second-order valence-electron chi connectivity index (χ2n) is 7.81. The van der Waals surface area contributed by atoms with Gasteiger partial charge in [-0.1, -0.05) is 84.4 Å². The van der Waals surface area contributed by atoms with E-state index in [4.69, 9.17) is 11.6 Å². The van der Waals surface area contributed by atoms with Gasteiger partial charge in [-0.05, 0) is 41.3 Å². The van der Waals surface area contributed by atoms with Gasteiger partial charge >= 0.3 is 0 Å². The monoisotopic (exact) mass is 455 g/mol. The molecule has 5 rings (SSSR count). The summed E-state index contributed by atoms with van der Waals surface area (Å²) >= 11 is 6.10. The highest BCUT2D eigenvalue weighted by atomic mass is 35.5. The number of allylic oxidation sites excluding steroid dienone is 1. The Bertz CT molecular complexity index is 1280. The molecule has 2 heterocycles. The topological polar surface area (TPSA) is 71.8 Å². The highest BCUT2D eigenvalue weighted by Crippen LogP contribution is 2.33. The molecule has 1 aliphatic rings. The van der Waals surface area contributed by atoms with E-state index in [1.165, 1.54) is 0 Å². The average molecular weight is 456 g/mol. The Balaban J connectivity index is 1.40. The fourth-order valence-corrected chi connectivity index (χ4v) is 3.95. The lowest BCUT2D eigenvalue weighted by atomic mass is 10.0. The van der Waals surface area contributed by atoms with Crippen molar-refractivity contribution in [1.82, 2.24) is 14.8 Å². The summed E-state index contributed by atoms with van der Waals surface area (Å²) in [5, 5.41) is 11.4. The van der Waals surface area contributed by atoms with Gasteiger partial charge in [0.05, 0.1) is 0 Å². The van der Waals surface area contributed by atoms with Crippen molar-refractivity contribution in [2.24, 2.45) is 0 Å². The molecule has 7 heteroatoms. The zero-order chi connectivity index (χ0) is 22.6. The molecule has 0 spiro atoms. The minimum atomic E-state index is -0.198. The van der Waals surface area contributed by atoms with Gasteiger partial charge in [0.25, 0.3) is 5.95 Å². The summed E-state index contributed by atoms with van der Waals surface area (Å²) in [6, 6.07) is 27.4. The number of nitrogens with zero attached hydrogens (tertiary/aromatic N) is 3. The lowest BCUT2D eigenvalue weighted by Gasteiger charge is -2.24. The number of fused-ring (bicyclic) bond motifs is 1. The van der Waals surface area contributed by atoms with Crippen LogP contribution in [0, 0.1) is 0 Å². The molecule has 0 fully saturated rings. The van der Waals surface area contributed by atoms with Gasteiger partial charge in [-0.15, -0.1) is 5.10 Å². The maximum atomic E-state index is 12.5. The Morgan fingerprint density at radius 3 is 2.39 bits per heavy atom. The maximum absolute atomic E-state index is 12.5. The van der Waals surface area contributed by atoms with Gasteiger partial charge in [-0.3, -0.25) is 10.1 Å². The molecule has 0 saturated heterocycles. The van der Waals surface area contributed by atoms with Gasteiger partial charge in [0.2, 0.25) is 11.9 Å². The first-order chi connectivity index (χ1) is 16.2. The molecule has 4 aromatic rings. The molecule has 33 heavy (non-hydrogen) atoms. The predicted octanol–water partition coefficient (Wildman–Crippen LogP) is 5.56. The van der Waals surface area contributed by atoms with Crippen molar-refractivity contribution in [2.45, 2.75) is 18.9 Å². The highest BCUT2D eigenvalue weighted by molar-refractivity contribution is 6.30. The van der Waals surface area contributed by atoms with Gasteiger partial charge in [-0.2, -0.15) is 4.98 Å². The van der Waals surface area contributed by atoms with Crippen molar-refractivity contribution in [3.05, 3.63) is 113 Å². The summed E-state index contributed by atoms with van der Waals surface area (Å²) in [7, 11) is 0. The number of nitrogens with one attached hydrogen (secondary N) is 2. The first-order valence-electron chi connectivity index (χ1n) is 10.8. The van der Waals surface area contributed by atoms with Gasteiger partial charge in [0.1, 0.15) is 6.04 Å². The number of aryl methyl sites for hydroxylation is 1. The molecule has 0 bridgehead atoms. The summed E-state index contributed by atoms with van der Waals surface area (Å²) in [6.07, 6.45) is 3.11. The Morgan fingerprint density at radius 2 is 1.67 bits per heavy atom. The van der Waals surface area contributed by atoms with Crippen LogP contribution in [0.25, 0.3) is 5.70 Å². The van der Waals surface area contributed by atoms with Gasteiger partial charge in [0.15, 0.2) is 0 Å². The van der Waals surface area contributed by atoms with Crippen molar-refractivity contribution >= 4 is 35.1 Å². The smallest absolute Gasteiger partial charge is 0.250 e. The third-order valence-electron chi connectivity index (χ3n) is 5.50. The minimum Gasteiger partial charge on any atom is -0.324 e. The lowest BCUT2D eigenvalue weighted by Crippen LogP contribution is -2.20. The van der Waals surface area contributed by atoms with Crippen LogP contribution in [0.15, 0.2) is 91.0 Å². The number of aromatic nitrogens is 3. The Hall–Kier alpha value is -3.90. The third-order valence-corrected chi connectivity index (χ3v) is 5.75. The van der Waals surface area contributed by atoms with Crippen LogP contribution in [0.3, 0.4) is 0 Å². The molecule has 1 amide bonds. The van der Waals surface area contributed by atoms with Gasteiger partial charge in [-0.25, -0.2) is 4.68 Å². The Kier molecular flexibility index (Phi) is 5.91. The van der Waals surface area contributed by atoms with Crippen LogP contribution < -0.4 is 10.6 Å². The van der Waals surface area contributed by atoms with E-state index in [9.17, 15) is 4.79 Å².